The summed E-state index contributed by atoms with van der Waals surface area (Å²) in [6.45, 7) is 0. The van der Waals surface area contributed by atoms with Crippen molar-refractivity contribution < 1.29 is 4.73 Å². The SMILES string of the molecule is [O-][n+]1cccc2cccc(I)c21. The average molecular weight is 271 g/mol. The third-order valence-corrected chi connectivity index (χ3v) is 2.61. The number of hydrogen-bond acceptors (Lipinski definition) is 1. The van der Waals surface area contributed by atoms with Gasteiger partial charge in [0.05, 0.1) is 3.57 Å². The van der Waals surface area contributed by atoms with Crippen LogP contribution in [0.4, 0.5) is 0 Å². The van der Waals surface area contributed by atoms with Crippen LogP contribution < -0.4 is 4.73 Å². The smallest absolute Gasteiger partial charge is 0.237 e. The lowest BCUT2D eigenvalue weighted by molar-refractivity contribution is -0.577. The molecule has 0 aliphatic carbocycles. The minimum Gasteiger partial charge on any atom is -0.618 e. The Morgan fingerprint density at radius 3 is 2.67 bits per heavy atom. The third kappa shape index (κ3) is 1.14. The Hall–Kier alpha value is -0.840. The van der Waals surface area contributed by atoms with Crippen LogP contribution in [0.5, 0.6) is 0 Å². The van der Waals surface area contributed by atoms with Gasteiger partial charge < -0.3 is 5.21 Å². The van der Waals surface area contributed by atoms with Gasteiger partial charge >= 0.3 is 0 Å². The predicted molar refractivity (Wildman–Crippen MR) is 55.6 cm³/mol. The molecule has 0 unspecified atom stereocenters. The van der Waals surface area contributed by atoms with E-state index in [4.69, 9.17) is 0 Å². The van der Waals surface area contributed by atoms with Crippen LogP contribution in [-0.2, 0) is 0 Å². The molecule has 2 rings (SSSR count). The summed E-state index contributed by atoms with van der Waals surface area (Å²) in [5, 5.41) is 12.3. The molecule has 1 aromatic heterocycles. The average Bonchev–Trinajstić information content (AvgIpc) is 2.04. The van der Waals surface area contributed by atoms with Crippen LogP contribution in [-0.4, -0.2) is 0 Å². The van der Waals surface area contributed by atoms with Gasteiger partial charge in [0.2, 0.25) is 5.52 Å². The van der Waals surface area contributed by atoms with E-state index < -0.39 is 0 Å². The van der Waals surface area contributed by atoms with E-state index in [2.05, 4.69) is 22.6 Å². The van der Waals surface area contributed by atoms with Gasteiger partial charge in [-0.3, -0.25) is 0 Å². The number of pyridine rings is 1. The van der Waals surface area contributed by atoms with E-state index in [1.54, 1.807) is 6.07 Å². The fraction of sp³-hybridized carbons (Fsp3) is 0. The predicted octanol–water partition coefficient (Wildman–Crippen LogP) is 2.08. The number of para-hydroxylation sites is 1. The molecule has 0 atom stereocenters. The monoisotopic (exact) mass is 271 g/mol. The summed E-state index contributed by atoms with van der Waals surface area (Å²) in [5.41, 5.74) is 0.751. The first-order chi connectivity index (χ1) is 5.79. The van der Waals surface area contributed by atoms with Crippen molar-refractivity contribution in [2.75, 3.05) is 0 Å². The summed E-state index contributed by atoms with van der Waals surface area (Å²) >= 11 is 2.16. The van der Waals surface area contributed by atoms with E-state index in [1.807, 2.05) is 24.3 Å². The first-order valence-corrected chi connectivity index (χ1v) is 4.63. The highest BCUT2D eigenvalue weighted by Crippen LogP contribution is 2.15. The maximum absolute atomic E-state index is 11.3. The molecular formula is C9H6INO. The maximum atomic E-state index is 11.3. The summed E-state index contributed by atoms with van der Waals surface area (Å²) in [5.74, 6) is 0. The Kier molecular flexibility index (Phi) is 1.88. The number of rotatable bonds is 0. The molecule has 1 aromatic carbocycles. The molecule has 0 N–H and O–H groups in total. The first-order valence-electron chi connectivity index (χ1n) is 3.55. The highest BCUT2D eigenvalue weighted by molar-refractivity contribution is 14.1. The van der Waals surface area contributed by atoms with Crippen LogP contribution in [0.15, 0.2) is 36.5 Å². The summed E-state index contributed by atoms with van der Waals surface area (Å²) in [7, 11) is 0. The summed E-state index contributed by atoms with van der Waals surface area (Å²) in [6.07, 6.45) is 1.52. The van der Waals surface area contributed by atoms with Gasteiger partial charge in [-0.1, -0.05) is 6.07 Å². The standard InChI is InChI=1S/C9H6INO/c10-8-5-1-3-7-4-2-6-11(12)9(7)8/h1-6H. The molecule has 0 bridgehead atoms. The highest BCUT2D eigenvalue weighted by atomic mass is 127. The van der Waals surface area contributed by atoms with Crippen molar-refractivity contribution in [1.82, 2.24) is 0 Å². The second-order valence-electron chi connectivity index (χ2n) is 2.51. The molecule has 0 radical (unpaired) electrons. The Morgan fingerprint density at radius 1 is 1.17 bits per heavy atom. The molecule has 60 valence electrons. The molecule has 12 heavy (non-hydrogen) atoms. The van der Waals surface area contributed by atoms with Crippen LogP contribution in [0.1, 0.15) is 0 Å². The number of halogens is 1. The van der Waals surface area contributed by atoms with Crippen molar-refractivity contribution in [2.45, 2.75) is 0 Å². The van der Waals surface area contributed by atoms with E-state index in [9.17, 15) is 5.21 Å². The van der Waals surface area contributed by atoms with E-state index in [1.165, 1.54) is 6.20 Å². The second kappa shape index (κ2) is 2.90. The quantitative estimate of drug-likeness (QED) is 0.409. The lowest BCUT2D eigenvalue weighted by Gasteiger charge is -2.01. The molecule has 0 amide bonds. The van der Waals surface area contributed by atoms with E-state index in [-0.39, 0.29) is 0 Å². The van der Waals surface area contributed by atoms with Gasteiger partial charge in [-0.2, -0.15) is 4.73 Å². The molecular weight excluding hydrogens is 265 g/mol. The third-order valence-electron chi connectivity index (χ3n) is 1.74. The van der Waals surface area contributed by atoms with E-state index in [0.29, 0.717) is 0 Å². The molecule has 0 aliphatic rings. The second-order valence-corrected chi connectivity index (χ2v) is 3.67. The molecule has 2 nitrogen and oxygen atoms in total. The molecule has 3 heteroatoms. The molecule has 0 saturated heterocycles. The largest absolute Gasteiger partial charge is 0.618 e. The summed E-state index contributed by atoms with van der Waals surface area (Å²) < 4.78 is 1.89. The molecule has 0 saturated carbocycles. The molecule has 0 fully saturated rings. The van der Waals surface area contributed by atoms with Gasteiger partial charge in [0.25, 0.3) is 0 Å². The van der Waals surface area contributed by atoms with Crippen LogP contribution in [0.3, 0.4) is 0 Å². The van der Waals surface area contributed by atoms with Crippen LogP contribution in [0.25, 0.3) is 10.9 Å². The van der Waals surface area contributed by atoms with Crippen molar-refractivity contribution in [1.29, 1.82) is 0 Å². The zero-order valence-corrected chi connectivity index (χ0v) is 8.36. The lowest BCUT2D eigenvalue weighted by Crippen LogP contribution is -2.26. The Bertz CT molecular complexity index is 391. The van der Waals surface area contributed by atoms with Crippen LogP contribution in [0.2, 0.25) is 0 Å². The van der Waals surface area contributed by atoms with Gasteiger partial charge in [0.15, 0.2) is 6.20 Å². The fourth-order valence-corrected chi connectivity index (χ4v) is 1.96. The fourth-order valence-electron chi connectivity index (χ4n) is 1.20. The molecule has 1 heterocycles. The van der Waals surface area contributed by atoms with Crippen molar-refractivity contribution in [3.8, 4) is 0 Å². The summed E-state index contributed by atoms with van der Waals surface area (Å²) in [6, 6.07) is 9.50. The highest BCUT2D eigenvalue weighted by Gasteiger charge is 2.05. The number of nitrogens with zero attached hydrogens (tertiary/aromatic N) is 1. The Morgan fingerprint density at radius 2 is 1.92 bits per heavy atom. The minimum absolute atomic E-state index is 0.751. The molecule has 2 aromatic rings. The molecule has 0 aliphatic heterocycles. The zero-order chi connectivity index (χ0) is 8.55. The van der Waals surface area contributed by atoms with Crippen molar-refractivity contribution >= 4 is 33.5 Å². The van der Waals surface area contributed by atoms with Gasteiger partial charge in [0.1, 0.15) is 0 Å². The topological polar surface area (TPSA) is 26.9 Å². The van der Waals surface area contributed by atoms with Crippen LogP contribution >= 0.6 is 22.6 Å². The number of benzene rings is 1. The Balaban J connectivity index is 2.96. The van der Waals surface area contributed by atoms with E-state index >= 15 is 0 Å². The lowest BCUT2D eigenvalue weighted by atomic mass is 10.2. The normalized spacial score (nSPS) is 10.4. The first kappa shape index (κ1) is 7.79. The maximum Gasteiger partial charge on any atom is 0.237 e. The van der Waals surface area contributed by atoms with Crippen molar-refractivity contribution in [2.24, 2.45) is 0 Å². The van der Waals surface area contributed by atoms with Crippen LogP contribution in [0, 0.1) is 8.78 Å². The van der Waals surface area contributed by atoms with Gasteiger partial charge in [-0.15, -0.1) is 0 Å². The summed E-state index contributed by atoms with van der Waals surface area (Å²) in [4.78, 5) is 0. The zero-order valence-electron chi connectivity index (χ0n) is 6.20. The number of aromatic nitrogens is 1. The van der Waals surface area contributed by atoms with E-state index in [0.717, 1.165) is 19.2 Å². The molecule has 0 spiro atoms. The number of hydrogen-bond donors (Lipinski definition) is 0. The Labute approximate surface area is 83.6 Å². The van der Waals surface area contributed by atoms with Gasteiger partial charge in [0, 0.05) is 11.5 Å². The van der Waals surface area contributed by atoms with Gasteiger partial charge in [-0.05, 0) is 40.8 Å². The van der Waals surface area contributed by atoms with Crippen molar-refractivity contribution in [3.63, 3.8) is 0 Å². The van der Waals surface area contributed by atoms with Gasteiger partial charge in [-0.25, -0.2) is 0 Å². The number of fused-ring (bicyclic) bond motifs is 1. The van der Waals surface area contributed by atoms with Crippen molar-refractivity contribution in [3.05, 3.63) is 45.3 Å². The minimum atomic E-state index is 0.751.